The summed E-state index contributed by atoms with van der Waals surface area (Å²) in [6, 6.07) is 12.8. The second kappa shape index (κ2) is 5.44. The van der Waals surface area contributed by atoms with Gasteiger partial charge in [-0.05, 0) is 31.2 Å². The minimum Gasteiger partial charge on any atom is -0.198 e. The Bertz CT molecular complexity index is 297. The maximum Gasteiger partial charge on any atom is 0.0653 e. The quantitative estimate of drug-likeness (QED) is 0.704. The van der Waals surface area contributed by atoms with E-state index in [1.807, 2.05) is 13.0 Å². The largest absolute Gasteiger partial charge is 0.198 e. The molecule has 14 heavy (non-hydrogen) atoms. The van der Waals surface area contributed by atoms with Crippen molar-refractivity contribution in [1.82, 2.24) is 0 Å². The summed E-state index contributed by atoms with van der Waals surface area (Å²) in [4.78, 5) is 0. The van der Waals surface area contributed by atoms with Gasteiger partial charge in [0.05, 0.1) is 6.07 Å². The van der Waals surface area contributed by atoms with Gasteiger partial charge in [0, 0.05) is 5.92 Å². The molecule has 0 aliphatic carbocycles. The fourth-order valence-electron chi connectivity index (χ4n) is 1.74. The van der Waals surface area contributed by atoms with Gasteiger partial charge in [0.1, 0.15) is 0 Å². The lowest BCUT2D eigenvalue weighted by Gasteiger charge is -2.16. The monoisotopic (exact) mass is 187 g/mol. The standard InChI is InChI=1S/C13H17N/c1-3-12(9-11(2)10-14)13-7-5-4-6-8-13/h4-8,11-12H,3,9H2,1-2H3. The zero-order chi connectivity index (χ0) is 10.4. The number of rotatable bonds is 4. The van der Waals surface area contributed by atoms with Gasteiger partial charge in [-0.2, -0.15) is 5.26 Å². The molecule has 0 spiro atoms. The molecule has 1 rings (SSSR count). The molecule has 0 radical (unpaired) electrons. The Hall–Kier alpha value is -1.29. The minimum atomic E-state index is 0.153. The highest BCUT2D eigenvalue weighted by molar-refractivity contribution is 5.19. The molecule has 74 valence electrons. The third-order valence-electron chi connectivity index (χ3n) is 2.62. The van der Waals surface area contributed by atoms with E-state index in [-0.39, 0.29) is 5.92 Å². The number of hydrogen-bond donors (Lipinski definition) is 0. The molecular formula is C13H17N. The van der Waals surface area contributed by atoms with Crippen molar-refractivity contribution >= 4 is 0 Å². The first-order valence-corrected chi connectivity index (χ1v) is 5.22. The second-order valence-corrected chi connectivity index (χ2v) is 3.78. The van der Waals surface area contributed by atoms with E-state index in [9.17, 15) is 0 Å². The summed E-state index contributed by atoms with van der Waals surface area (Å²) < 4.78 is 0. The highest BCUT2D eigenvalue weighted by Gasteiger charge is 2.12. The Morgan fingerprint density at radius 1 is 1.29 bits per heavy atom. The number of hydrogen-bond acceptors (Lipinski definition) is 1. The number of nitrogens with zero attached hydrogens (tertiary/aromatic N) is 1. The van der Waals surface area contributed by atoms with Crippen LogP contribution in [-0.4, -0.2) is 0 Å². The van der Waals surface area contributed by atoms with Crippen LogP contribution in [0.4, 0.5) is 0 Å². The summed E-state index contributed by atoms with van der Waals surface area (Å²) in [5, 5.41) is 8.78. The predicted octanol–water partition coefficient (Wildman–Crippen LogP) is 3.73. The Morgan fingerprint density at radius 2 is 1.93 bits per heavy atom. The van der Waals surface area contributed by atoms with Crippen molar-refractivity contribution < 1.29 is 0 Å². The van der Waals surface area contributed by atoms with E-state index in [1.54, 1.807) is 0 Å². The predicted molar refractivity (Wildman–Crippen MR) is 58.9 cm³/mol. The molecule has 1 heteroatoms. The van der Waals surface area contributed by atoms with E-state index in [1.165, 1.54) is 5.56 Å². The molecule has 1 aromatic carbocycles. The average molecular weight is 187 g/mol. The molecular weight excluding hydrogens is 170 g/mol. The molecule has 0 aliphatic rings. The lowest BCUT2D eigenvalue weighted by molar-refractivity contribution is 0.531. The lowest BCUT2D eigenvalue weighted by Crippen LogP contribution is -2.02. The molecule has 0 aromatic heterocycles. The van der Waals surface area contributed by atoms with E-state index >= 15 is 0 Å². The molecule has 0 heterocycles. The molecule has 0 N–H and O–H groups in total. The summed E-state index contributed by atoms with van der Waals surface area (Å²) in [5.41, 5.74) is 1.36. The summed E-state index contributed by atoms with van der Waals surface area (Å²) in [7, 11) is 0. The molecule has 0 amide bonds. The third kappa shape index (κ3) is 2.88. The van der Waals surface area contributed by atoms with Gasteiger partial charge in [0.15, 0.2) is 0 Å². The highest BCUT2D eigenvalue weighted by atomic mass is 14.3. The van der Waals surface area contributed by atoms with Crippen molar-refractivity contribution in [3.63, 3.8) is 0 Å². The summed E-state index contributed by atoms with van der Waals surface area (Å²) in [5.74, 6) is 0.686. The van der Waals surface area contributed by atoms with E-state index < -0.39 is 0 Å². The van der Waals surface area contributed by atoms with Crippen LogP contribution in [0.5, 0.6) is 0 Å². The van der Waals surface area contributed by atoms with Gasteiger partial charge in [-0.3, -0.25) is 0 Å². The summed E-state index contributed by atoms with van der Waals surface area (Å²) in [6.45, 7) is 4.17. The summed E-state index contributed by atoms with van der Waals surface area (Å²) in [6.07, 6.45) is 2.08. The molecule has 0 saturated heterocycles. The first-order chi connectivity index (χ1) is 6.77. The third-order valence-corrected chi connectivity index (χ3v) is 2.62. The van der Waals surface area contributed by atoms with Crippen molar-refractivity contribution in [2.24, 2.45) is 5.92 Å². The lowest BCUT2D eigenvalue weighted by atomic mass is 9.88. The van der Waals surface area contributed by atoms with Crippen molar-refractivity contribution in [1.29, 1.82) is 5.26 Å². The van der Waals surface area contributed by atoms with Crippen LogP contribution in [0.15, 0.2) is 30.3 Å². The van der Waals surface area contributed by atoms with Crippen molar-refractivity contribution in [2.75, 3.05) is 0 Å². The van der Waals surface area contributed by atoms with Crippen LogP contribution in [0.25, 0.3) is 0 Å². The van der Waals surface area contributed by atoms with Crippen LogP contribution < -0.4 is 0 Å². The van der Waals surface area contributed by atoms with E-state index in [4.69, 9.17) is 5.26 Å². The molecule has 1 nitrogen and oxygen atoms in total. The van der Waals surface area contributed by atoms with Gasteiger partial charge in [0.25, 0.3) is 0 Å². The van der Waals surface area contributed by atoms with Gasteiger partial charge < -0.3 is 0 Å². The maximum absolute atomic E-state index is 8.78. The summed E-state index contributed by atoms with van der Waals surface area (Å²) >= 11 is 0. The first-order valence-electron chi connectivity index (χ1n) is 5.22. The zero-order valence-corrected chi connectivity index (χ0v) is 8.90. The molecule has 2 atom stereocenters. The Labute approximate surface area is 86.4 Å². The normalized spacial score (nSPS) is 14.4. The first kappa shape index (κ1) is 10.8. The van der Waals surface area contributed by atoms with Crippen molar-refractivity contribution in [3.05, 3.63) is 35.9 Å². The minimum absolute atomic E-state index is 0.153. The second-order valence-electron chi connectivity index (χ2n) is 3.78. The molecule has 0 aliphatic heterocycles. The fourth-order valence-corrected chi connectivity index (χ4v) is 1.74. The van der Waals surface area contributed by atoms with E-state index in [0.717, 1.165) is 12.8 Å². The van der Waals surface area contributed by atoms with Crippen LogP contribution in [0.2, 0.25) is 0 Å². The Balaban J connectivity index is 2.69. The van der Waals surface area contributed by atoms with Gasteiger partial charge in [-0.15, -0.1) is 0 Å². The van der Waals surface area contributed by atoms with Crippen molar-refractivity contribution in [2.45, 2.75) is 32.6 Å². The topological polar surface area (TPSA) is 23.8 Å². The molecule has 0 bridgehead atoms. The van der Waals surface area contributed by atoms with Crippen LogP contribution in [0.1, 0.15) is 38.2 Å². The number of benzene rings is 1. The number of nitriles is 1. The van der Waals surface area contributed by atoms with Crippen LogP contribution in [0, 0.1) is 17.2 Å². The molecule has 0 fully saturated rings. The van der Waals surface area contributed by atoms with Gasteiger partial charge >= 0.3 is 0 Å². The molecule has 2 unspecified atom stereocenters. The van der Waals surface area contributed by atoms with Gasteiger partial charge in [0.2, 0.25) is 0 Å². The van der Waals surface area contributed by atoms with Crippen LogP contribution in [-0.2, 0) is 0 Å². The van der Waals surface area contributed by atoms with Crippen molar-refractivity contribution in [3.8, 4) is 6.07 Å². The van der Waals surface area contributed by atoms with Crippen LogP contribution >= 0.6 is 0 Å². The highest BCUT2D eigenvalue weighted by Crippen LogP contribution is 2.26. The Morgan fingerprint density at radius 3 is 2.43 bits per heavy atom. The average Bonchev–Trinajstić information content (AvgIpc) is 2.26. The van der Waals surface area contributed by atoms with E-state index in [2.05, 4.69) is 37.3 Å². The van der Waals surface area contributed by atoms with E-state index in [0.29, 0.717) is 5.92 Å². The maximum atomic E-state index is 8.78. The smallest absolute Gasteiger partial charge is 0.0653 e. The SMILES string of the molecule is CCC(CC(C)C#N)c1ccccc1. The fraction of sp³-hybridized carbons (Fsp3) is 0.462. The molecule has 0 saturated carbocycles. The zero-order valence-electron chi connectivity index (χ0n) is 8.90. The molecule has 1 aromatic rings. The van der Waals surface area contributed by atoms with Gasteiger partial charge in [-0.1, -0.05) is 37.3 Å². The van der Waals surface area contributed by atoms with Gasteiger partial charge in [-0.25, -0.2) is 0 Å². The Kier molecular flexibility index (Phi) is 4.19. The van der Waals surface area contributed by atoms with Crippen LogP contribution in [0.3, 0.4) is 0 Å².